The van der Waals surface area contributed by atoms with E-state index in [1.807, 2.05) is 12.1 Å². The fraction of sp³-hybridized carbons (Fsp3) is 0.348. The summed E-state index contributed by atoms with van der Waals surface area (Å²) in [4.78, 5) is 20.2. The van der Waals surface area contributed by atoms with Crippen LogP contribution in [0.15, 0.2) is 52.8 Å². The number of methoxy groups -OCH3 is 1. The Morgan fingerprint density at radius 2 is 2.06 bits per heavy atom. The molecule has 2 heterocycles. The van der Waals surface area contributed by atoms with Crippen molar-refractivity contribution in [2.24, 2.45) is 0 Å². The molecule has 0 aliphatic rings. The van der Waals surface area contributed by atoms with E-state index < -0.39 is 11.7 Å². The van der Waals surface area contributed by atoms with Crippen molar-refractivity contribution in [3.63, 3.8) is 0 Å². The van der Waals surface area contributed by atoms with Crippen LogP contribution < -0.4 is 20.1 Å². The zero-order chi connectivity index (χ0) is 23.8. The van der Waals surface area contributed by atoms with Crippen LogP contribution in [-0.4, -0.2) is 41.9 Å². The minimum absolute atomic E-state index is 0.0379. The van der Waals surface area contributed by atoms with Crippen LogP contribution in [0.25, 0.3) is 11.1 Å². The van der Waals surface area contributed by atoms with Gasteiger partial charge in [-0.2, -0.15) is 4.98 Å². The second kappa shape index (κ2) is 10.7. The molecule has 3 rings (SSSR count). The van der Waals surface area contributed by atoms with Crippen molar-refractivity contribution in [1.82, 2.24) is 15.3 Å². The highest BCUT2D eigenvalue weighted by molar-refractivity contribution is 5.76. The molecule has 0 fully saturated rings. The molecule has 1 aromatic carbocycles. The molecule has 0 aliphatic carbocycles. The first-order valence-corrected chi connectivity index (χ1v) is 10.3. The molecule has 1 amide bonds. The van der Waals surface area contributed by atoms with E-state index in [1.54, 1.807) is 52.3 Å². The van der Waals surface area contributed by atoms with Crippen LogP contribution in [0.4, 0.5) is 15.2 Å². The van der Waals surface area contributed by atoms with E-state index in [1.165, 1.54) is 0 Å². The van der Waals surface area contributed by atoms with Crippen LogP contribution in [0, 0.1) is 0 Å². The van der Waals surface area contributed by atoms with Gasteiger partial charge in [-0.15, -0.1) is 0 Å². The zero-order valence-electron chi connectivity index (χ0n) is 19.0. The number of carbonyl (C=O) groups excluding carboxylic acids is 1. The fourth-order valence-electron chi connectivity index (χ4n) is 2.72. The lowest BCUT2D eigenvalue weighted by Gasteiger charge is -2.20. The smallest absolute Gasteiger partial charge is 0.407 e. The SMILES string of the molecule is COc1cc(CNc2nc3ccc(OCC(=CF)CNC(=O)OC(C)(C)C)cc3o2)ccn1. The molecule has 9 nitrogen and oxygen atoms in total. The first-order valence-electron chi connectivity index (χ1n) is 10.3. The molecule has 0 saturated carbocycles. The van der Waals surface area contributed by atoms with Gasteiger partial charge in [-0.1, -0.05) is 0 Å². The molecular weight excluding hydrogens is 431 g/mol. The molecular formula is C23H27FN4O5. The molecule has 0 spiro atoms. The van der Waals surface area contributed by atoms with Crippen LogP contribution in [0.1, 0.15) is 26.3 Å². The number of rotatable bonds is 9. The van der Waals surface area contributed by atoms with Crippen molar-refractivity contribution < 1.29 is 27.8 Å². The Hall–Kier alpha value is -3.82. The summed E-state index contributed by atoms with van der Waals surface area (Å²) >= 11 is 0. The third-order valence-corrected chi connectivity index (χ3v) is 4.25. The number of nitrogens with zero attached hydrogens (tertiary/aromatic N) is 2. The zero-order valence-corrected chi connectivity index (χ0v) is 19.0. The van der Waals surface area contributed by atoms with E-state index in [0.29, 0.717) is 41.6 Å². The lowest BCUT2D eigenvalue weighted by Crippen LogP contribution is -2.34. The number of ether oxygens (including phenoxy) is 3. The minimum atomic E-state index is -0.633. The summed E-state index contributed by atoms with van der Waals surface area (Å²) in [7, 11) is 1.56. The lowest BCUT2D eigenvalue weighted by atomic mass is 10.2. The van der Waals surface area contributed by atoms with Crippen molar-refractivity contribution in [3.05, 3.63) is 54.0 Å². The van der Waals surface area contributed by atoms with E-state index in [2.05, 4.69) is 20.6 Å². The summed E-state index contributed by atoms with van der Waals surface area (Å²) in [6, 6.07) is 9.14. The Labute approximate surface area is 190 Å². The number of fused-ring (bicyclic) bond motifs is 1. The Bertz CT molecular complexity index is 1120. The highest BCUT2D eigenvalue weighted by Gasteiger charge is 2.16. The maximum absolute atomic E-state index is 13.2. The standard InChI is InChI=1S/C23H27FN4O5/c1-23(2,3)33-22(29)27-13-16(11-24)14-31-17-5-6-18-19(10-17)32-21(28-18)26-12-15-7-8-25-20(9-15)30-4/h5-11H,12-14H2,1-4H3,(H,26,28)(H,27,29). The molecule has 2 aromatic heterocycles. The molecule has 3 aromatic rings. The lowest BCUT2D eigenvalue weighted by molar-refractivity contribution is 0.0531. The fourth-order valence-corrected chi connectivity index (χ4v) is 2.72. The molecule has 0 atom stereocenters. The average Bonchev–Trinajstić information content (AvgIpc) is 3.19. The van der Waals surface area contributed by atoms with Crippen LogP contribution in [-0.2, 0) is 11.3 Å². The topological polar surface area (TPSA) is 108 Å². The summed E-state index contributed by atoms with van der Waals surface area (Å²) in [5, 5.41) is 5.61. The van der Waals surface area contributed by atoms with E-state index in [4.69, 9.17) is 18.6 Å². The number of pyridine rings is 1. The molecule has 0 radical (unpaired) electrons. The number of hydrogen-bond acceptors (Lipinski definition) is 8. The maximum atomic E-state index is 13.2. The van der Waals surface area contributed by atoms with Gasteiger partial charge in [0.05, 0.1) is 13.4 Å². The van der Waals surface area contributed by atoms with Gasteiger partial charge in [0.1, 0.15) is 23.5 Å². The number of amides is 1. The monoisotopic (exact) mass is 458 g/mol. The van der Waals surface area contributed by atoms with E-state index in [0.717, 1.165) is 5.56 Å². The van der Waals surface area contributed by atoms with Gasteiger partial charge in [-0.25, -0.2) is 14.2 Å². The van der Waals surface area contributed by atoms with Crippen LogP contribution in [0.5, 0.6) is 11.6 Å². The third kappa shape index (κ3) is 7.37. The number of anilines is 1. The third-order valence-electron chi connectivity index (χ3n) is 4.25. The van der Waals surface area contributed by atoms with Gasteiger partial charge in [0.2, 0.25) is 5.88 Å². The Morgan fingerprint density at radius 1 is 1.24 bits per heavy atom. The van der Waals surface area contributed by atoms with Gasteiger partial charge in [-0.05, 0) is 44.5 Å². The summed E-state index contributed by atoms with van der Waals surface area (Å²) in [6.45, 7) is 5.63. The molecule has 2 N–H and O–H groups in total. The number of carbonyl (C=O) groups is 1. The van der Waals surface area contributed by atoms with Gasteiger partial charge in [-0.3, -0.25) is 0 Å². The Morgan fingerprint density at radius 3 is 2.79 bits per heavy atom. The van der Waals surface area contributed by atoms with Crippen molar-refractivity contribution in [3.8, 4) is 11.6 Å². The normalized spacial score (nSPS) is 11.8. The minimum Gasteiger partial charge on any atom is -0.489 e. The maximum Gasteiger partial charge on any atom is 0.407 e. The summed E-state index contributed by atoms with van der Waals surface area (Å²) in [6.07, 6.45) is 1.44. The molecule has 0 aliphatic heterocycles. The Kier molecular flexibility index (Phi) is 7.70. The summed E-state index contributed by atoms with van der Waals surface area (Å²) in [5.74, 6) is 0.998. The molecule has 0 bridgehead atoms. The van der Waals surface area contributed by atoms with E-state index in [-0.39, 0.29) is 18.7 Å². The van der Waals surface area contributed by atoms with Gasteiger partial charge < -0.3 is 29.3 Å². The number of alkyl carbamates (subject to hydrolysis) is 1. The predicted octanol–water partition coefficient (Wildman–Crippen LogP) is 4.60. The quantitative estimate of drug-likeness (QED) is 0.479. The number of hydrogen-bond donors (Lipinski definition) is 2. The Balaban J connectivity index is 1.54. The van der Waals surface area contributed by atoms with E-state index >= 15 is 0 Å². The number of aromatic nitrogens is 2. The van der Waals surface area contributed by atoms with Gasteiger partial charge in [0, 0.05) is 37.0 Å². The first kappa shape index (κ1) is 23.8. The average molecular weight is 458 g/mol. The van der Waals surface area contributed by atoms with Crippen molar-refractivity contribution in [2.45, 2.75) is 32.9 Å². The van der Waals surface area contributed by atoms with Crippen LogP contribution >= 0.6 is 0 Å². The predicted molar refractivity (Wildman–Crippen MR) is 121 cm³/mol. The first-order chi connectivity index (χ1) is 15.8. The molecule has 10 heteroatoms. The van der Waals surface area contributed by atoms with Crippen molar-refractivity contribution in [2.75, 3.05) is 25.6 Å². The van der Waals surface area contributed by atoms with Crippen LogP contribution in [0.2, 0.25) is 0 Å². The van der Waals surface area contributed by atoms with Crippen molar-refractivity contribution in [1.29, 1.82) is 0 Å². The second-order valence-electron chi connectivity index (χ2n) is 8.12. The molecule has 0 saturated heterocycles. The summed E-state index contributed by atoms with van der Waals surface area (Å²) < 4.78 is 34.8. The van der Waals surface area contributed by atoms with Gasteiger partial charge >= 0.3 is 6.09 Å². The molecule has 176 valence electrons. The second-order valence-corrected chi connectivity index (χ2v) is 8.12. The molecule has 0 unspecified atom stereocenters. The molecule has 33 heavy (non-hydrogen) atoms. The number of halogens is 1. The van der Waals surface area contributed by atoms with Crippen molar-refractivity contribution >= 4 is 23.2 Å². The number of oxazole rings is 1. The largest absolute Gasteiger partial charge is 0.489 e. The van der Waals surface area contributed by atoms with Gasteiger partial charge in [0.25, 0.3) is 6.01 Å². The number of nitrogens with one attached hydrogen (secondary N) is 2. The highest BCUT2D eigenvalue weighted by Crippen LogP contribution is 2.24. The highest BCUT2D eigenvalue weighted by atomic mass is 19.1. The number of benzene rings is 1. The van der Waals surface area contributed by atoms with Gasteiger partial charge in [0.15, 0.2) is 5.58 Å². The van der Waals surface area contributed by atoms with E-state index in [9.17, 15) is 9.18 Å². The van der Waals surface area contributed by atoms with Crippen LogP contribution in [0.3, 0.4) is 0 Å². The summed E-state index contributed by atoms with van der Waals surface area (Å²) in [5.41, 5.74) is 1.73.